The minimum Gasteiger partial charge on any atom is -0.0714 e. The van der Waals surface area contributed by atoms with Crippen molar-refractivity contribution in [1.82, 2.24) is 0 Å². The molecule has 0 aliphatic heterocycles. The van der Waals surface area contributed by atoms with E-state index in [-0.39, 0.29) is 0 Å². The van der Waals surface area contributed by atoms with E-state index < -0.39 is 5.53 Å². The fourth-order valence-electron chi connectivity index (χ4n) is 4.90. The highest BCUT2D eigenvalue weighted by molar-refractivity contribution is 9.19. The molecule has 0 aromatic heterocycles. The summed E-state index contributed by atoms with van der Waals surface area (Å²) in [7, 11) is 0. The van der Waals surface area contributed by atoms with Crippen molar-refractivity contribution in [2.24, 2.45) is 0 Å². The standard InChI is InChI=1S/C30H33PS6/c1-16-10-19(4)25(20(5)11-16)28(32)35-31(36-29(33)26-21(6)12-17(2)13-22(26)7)37-30(34)27-23(8)14-18(3)15-24(27)9/h10-15H,1-9H3. The van der Waals surface area contributed by atoms with Gasteiger partial charge in [0, 0.05) is 16.7 Å². The normalized spacial score (nSPS) is 11.2. The molecule has 3 aromatic carbocycles. The van der Waals surface area contributed by atoms with E-state index in [1.165, 1.54) is 66.8 Å². The van der Waals surface area contributed by atoms with E-state index in [0.717, 1.165) is 12.6 Å². The van der Waals surface area contributed by atoms with Crippen LogP contribution in [0.5, 0.6) is 0 Å². The molecule has 0 nitrogen and oxygen atoms in total. The summed E-state index contributed by atoms with van der Waals surface area (Å²) in [5.41, 5.74) is 13.8. The second-order valence-electron chi connectivity index (χ2n) is 9.68. The first-order chi connectivity index (χ1) is 17.3. The summed E-state index contributed by atoms with van der Waals surface area (Å²) in [4.78, 5) is 0. The zero-order chi connectivity index (χ0) is 27.6. The average Bonchev–Trinajstić information content (AvgIpc) is 2.71. The van der Waals surface area contributed by atoms with Gasteiger partial charge in [-0.05, 0) is 95.7 Å². The molecular weight excluding hydrogens is 584 g/mol. The van der Waals surface area contributed by atoms with Gasteiger partial charge in [0.2, 0.25) is 0 Å². The zero-order valence-electron chi connectivity index (χ0n) is 22.9. The van der Waals surface area contributed by atoms with Gasteiger partial charge in [-0.1, -0.05) is 124 Å². The van der Waals surface area contributed by atoms with Crippen LogP contribution in [0.4, 0.5) is 0 Å². The summed E-state index contributed by atoms with van der Waals surface area (Å²) in [5, 5.41) is 0. The third kappa shape index (κ3) is 7.75. The van der Waals surface area contributed by atoms with Gasteiger partial charge in [0.25, 0.3) is 0 Å². The Morgan fingerprint density at radius 3 is 0.811 bits per heavy atom. The molecule has 0 aliphatic rings. The fraction of sp³-hybridized carbons (Fsp3) is 0.300. The van der Waals surface area contributed by atoms with E-state index in [9.17, 15) is 0 Å². The molecule has 0 spiro atoms. The van der Waals surface area contributed by atoms with Crippen molar-refractivity contribution in [1.29, 1.82) is 0 Å². The van der Waals surface area contributed by atoms with Crippen LogP contribution in [0.3, 0.4) is 0 Å². The van der Waals surface area contributed by atoms with Crippen molar-refractivity contribution < 1.29 is 0 Å². The van der Waals surface area contributed by atoms with E-state index in [1.807, 2.05) is 0 Å². The Bertz CT molecular complexity index is 1170. The summed E-state index contributed by atoms with van der Waals surface area (Å²) in [6.45, 7) is 19.3. The topological polar surface area (TPSA) is 0 Å². The van der Waals surface area contributed by atoms with Gasteiger partial charge < -0.3 is 0 Å². The molecule has 0 amide bonds. The van der Waals surface area contributed by atoms with Crippen molar-refractivity contribution in [3.8, 4) is 0 Å². The molecule has 0 radical (unpaired) electrons. The number of thiocarbonyl (C=S) groups is 3. The predicted molar refractivity (Wildman–Crippen MR) is 187 cm³/mol. The van der Waals surface area contributed by atoms with E-state index in [1.54, 1.807) is 34.1 Å². The van der Waals surface area contributed by atoms with Crippen LogP contribution in [0, 0.1) is 62.3 Å². The first kappa shape index (κ1) is 30.9. The number of hydrogen-bond acceptors (Lipinski definition) is 6. The Hall–Kier alpha value is -0.590. The predicted octanol–water partition coefficient (Wildman–Crippen LogP) is 11.3. The Balaban J connectivity index is 1.97. The lowest BCUT2D eigenvalue weighted by molar-refractivity contribution is 1.31. The number of benzene rings is 3. The molecule has 3 aromatic rings. The van der Waals surface area contributed by atoms with Gasteiger partial charge in [0.1, 0.15) is 0 Å². The van der Waals surface area contributed by atoms with Crippen molar-refractivity contribution in [2.75, 3.05) is 0 Å². The number of rotatable bonds is 6. The van der Waals surface area contributed by atoms with Crippen LogP contribution in [0.25, 0.3) is 0 Å². The van der Waals surface area contributed by atoms with E-state index in [4.69, 9.17) is 36.7 Å². The van der Waals surface area contributed by atoms with Gasteiger partial charge in [-0.3, -0.25) is 0 Å². The smallest absolute Gasteiger partial charge is 0.0714 e. The zero-order valence-corrected chi connectivity index (χ0v) is 28.7. The lowest BCUT2D eigenvalue weighted by atomic mass is 10.0. The lowest BCUT2D eigenvalue weighted by Gasteiger charge is -2.21. The molecule has 0 fully saturated rings. The SMILES string of the molecule is Cc1cc(C)c(C(=S)SP(SC(=S)c2c(C)cc(C)cc2C)SC(=S)c2c(C)cc(C)cc2C)c(C)c1. The third-order valence-electron chi connectivity index (χ3n) is 6.12. The Morgan fingerprint density at radius 1 is 0.432 bits per heavy atom. The van der Waals surface area contributed by atoms with Gasteiger partial charge in [-0.2, -0.15) is 0 Å². The summed E-state index contributed by atoms with van der Waals surface area (Å²) in [6.07, 6.45) is 0. The molecule has 194 valence electrons. The second kappa shape index (κ2) is 13.2. The maximum absolute atomic E-state index is 6.06. The third-order valence-corrected chi connectivity index (χ3v) is 17.2. The van der Waals surface area contributed by atoms with Crippen LogP contribution >= 0.6 is 76.3 Å². The molecule has 0 unspecified atom stereocenters. The molecule has 0 aliphatic carbocycles. The van der Waals surface area contributed by atoms with Gasteiger partial charge in [-0.25, -0.2) is 0 Å². The molecule has 7 heteroatoms. The van der Waals surface area contributed by atoms with Crippen LogP contribution in [0.1, 0.15) is 66.8 Å². The summed E-state index contributed by atoms with van der Waals surface area (Å²) in [5.74, 6) is 0. The van der Waals surface area contributed by atoms with Gasteiger partial charge in [-0.15, -0.1) is 0 Å². The highest BCUT2D eigenvalue weighted by atomic mass is 33.4. The molecule has 0 saturated carbocycles. The second-order valence-corrected chi connectivity index (χ2v) is 20.9. The highest BCUT2D eigenvalue weighted by Crippen LogP contribution is 2.72. The minimum absolute atomic E-state index is 0.821. The molecule has 37 heavy (non-hydrogen) atoms. The number of hydrogen-bond donors (Lipinski definition) is 0. The number of aryl methyl sites for hydroxylation is 9. The summed E-state index contributed by atoms with van der Waals surface area (Å²) < 4.78 is 2.75. The van der Waals surface area contributed by atoms with Crippen LogP contribution in [0.15, 0.2) is 36.4 Å². The molecule has 0 saturated heterocycles. The Labute approximate surface area is 252 Å². The molecule has 0 bridgehead atoms. The summed E-state index contributed by atoms with van der Waals surface area (Å²) >= 11 is 23.4. The van der Waals surface area contributed by atoms with E-state index in [0.29, 0.717) is 0 Å². The van der Waals surface area contributed by atoms with Gasteiger partial charge in [0.05, 0.1) is 18.1 Å². The fourth-order valence-corrected chi connectivity index (χ4v) is 19.6. The van der Waals surface area contributed by atoms with Crippen molar-refractivity contribution in [2.45, 2.75) is 62.3 Å². The van der Waals surface area contributed by atoms with Crippen LogP contribution in [-0.2, 0) is 0 Å². The van der Waals surface area contributed by atoms with Gasteiger partial charge >= 0.3 is 0 Å². The largest absolute Gasteiger partial charge is 0.0901 e. The van der Waals surface area contributed by atoms with Crippen molar-refractivity contribution in [3.63, 3.8) is 0 Å². The van der Waals surface area contributed by atoms with Gasteiger partial charge in [0.15, 0.2) is 0 Å². The maximum atomic E-state index is 6.06. The molecule has 0 heterocycles. The Kier molecular flexibility index (Phi) is 11.0. The first-order valence-electron chi connectivity index (χ1n) is 12.0. The average molecular weight is 617 g/mol. The van der Waals surface area contributed by atoms with E-state index >= 15 is 0 Å². The monoisotopic (exact) mass is 616 g/mol. The van der Waals surface area contributed by atoms with Crippen LogP contribution < -0.4 is 0 Å². The highest BCUT2D eigenvalue weighted by Gasteiger charge is 2.25. The quantitative estimate of drug-likeness (QED) is 0.198. The van der Waals surface area contributed by atoms with Crippen molar-refractivity contribution in [3.05, 3.63) is 103 Å². The van der Waals surface area contributed by atoms with Crippen LogP contribution in [-0.4, -0.2) is 12.6 Å². The van der Waals surface area contributed by atoms with Crippen LogP contribution in [0.2, 0.25) is 0 Å². The minimum atomic E-state index is -0.821. The summed E-state index contributed by atoms with van der Waals surface area (Å²) in [6, 6.07) is 13.3. The van der Waals surface area contributed by atoms with E-state index in [2.05, 4.69) is 98.7 Å². The molecule has 3 rings (SSSR count). The Morgan fingerprint density at radius 2 is 0.622 bits per heavy atom. The lowest BCUT2D eigenvalue weighted by Crippen LogP contribution is -2.02. The van der Waals surface area contributed by atoms with Crippen molar-refractivity contribution >= 4 is 88.9 Å². The molecule has 0 N–H and O–H groups in total. The molecule has 0 atom stereocenters. The molecular formula is C30H33PS6. The maximum Gasteiger partial charge on any atom is 0.0901 e. The first-order valence-corrected chi connectivity index (χ1v) is 18.8.